The first-order valence-corrected chi connectivity index (χ1v) is 9.59. The Kier molecular flexibility index (Phi) is 5.07. The van der Waals surface area contributed by atoms with Crippen molar-refractivity contribution < 1.29 is 13.9 Å². The molecule has 0 bridgehead atoms. The number of aromatic nitrogens is 3. The van der Waals surface area contributed by atoms with E-state index < -0.39 is 0 Å². The van der Waals surface area contributed by atoms with Gasteiger partial charge in [-0.1, -0.05) is 6.08 Å². The first-order chi connectivity index (χ1) is 13.6. The molecule has 0 radical (unpaired) electrons. The lowest BCUT2D eigenvalue weighted by Gasteiger charge is -2.29. The van der Waals surface area contributed by atoms with E-state index in [4.69, 9.17) is 9.47 Å². The van der Waals surface area contributed by atoms with Gasteiger partial charge in [0.25, 0.3) is 0 Å². The zero-order chi connectivity index (χ0) is 19.7. The highest BCUT2D eigenvalue weighted by atomic mass is 19.1. The van der Waals surface area contributed by atoms with Crippen LogP contribution in [0.5, 0.6) is 11.5 Å². The zero-order valence-corrected chi connectivity index (χ0v) is 16.5. The third kappa shape index (κ3) is 3.37. The molecule has 1 aliphatic carbocycles. The summed E-state index contributed by atoms with van der Waals surface area (Å²) in [6.45, 7) is 2.01. The van der Waals surface area contributed by atoms with Crippen molar-refractivity contribution in [2.24, 2.45) is 0 Å². The molecule has 2 heterocycles. The summed E-state index contributed by atoms with van der Waals surface area (Å²) in [6, 6.07) is 4.00. The number of halogens is 1. The lowest BCUT2D eigenvalue weighted by molar-refractivity contribution is 0.355. The Morgan fingerprint density at radius 3 is 2.57 bits per heavy atom. The highest BCUT2D eigenvalue weighted by molar-refractivity contribution is 5.64. The van der Waals surface area contributed by atoms with Crippen molar-refractivity contribution in [1.82, 2.24) is 14.8 Å². The lowest BCUT2D eigenvalue weighted by atomic mass is 9.91. The average Bonchev–Trinajstić information content (AvgIpc) is 3.13. The smallest absolute Gasteiger partial charge is 0.229 e. The van der Waals surface area contributed by atoms with Crippen LogP contribution in [0.25, 0.3) is 0 Å². The number of methoxy groups -OCH3 is 2. The maximum Gasteiger partial charge on any atom is 0.229 e. The van der Waals surface area contributed by atoms with E-state index in [1.165, 1.54) is 5.57 Å². The van der Waals surface area contributed by atoms with Gasteiger partial charge in [-0.25, -0.2) is 4.39 Å². The number of rotatable bonds is 5. The van der Waals surface area contributed by atoms with Crippen molar-refractivity contribution in [3.05, 3.63) is 47.1 Å². The molecule has 7 heteroatoms. The van der Waals surface area contributed by atoms with Crippen molar-refractivity contribution in [1.29, 1.82) is 0 Å². The molecule has 0 spiro atoms. The van der Waals surface area contributed by atoms with Gasteiger partial charge in [0.05, 0.1) is 20.3 Å². The molecular weight excluding hydrogens is 359 g/mol. The van der Waals surface area contributed by atoms with Gasteiger partial charge in [0.1, 0.15) is 11.7 Å². The zero-order valence-electron chi connectivity index (χ0n) is 16.5. The van der Waals surface area contributed by atoms with Gasteiger partial charge in [-0.15, -0.1) is 10.2 Å². The lowest BCUT2D eigenvalue weighted by Crippen LogP contribution is -2.22. The minimum atomic E-state index is -0.0529. The van der Waals surface area contributed by atoms with Crippen LogP contribution in [-0.4, -0.2) is 29.0 Å². The van der Waals surface area contributed by atoms with E-state index in [1.807, 2.05) is 25.1 Å². The first kappa shape index (κ1) is 18.5. The largest absolute Gasteiger partial charge is 0.493 e. The van der Waals surface area contributed by atoms with Crippen molar-refractivity contribution >= 4 is 11.6 Å². The molecule has 1 aromatic heterocycles. The normalized spacial score (nSPS) is 18.8. The maximum atomic E-state index is 13.5. The van der Waals surface area contributed by atoms with Crippen LogP contribution in [0, 0.1) is 6.92 Å². The average molecular weight is 384 g/mol. The Morgan fingerprint density at radius 1 is 1.07 bits per heavy atom. The summed E-state index contributed by atoms with van der Waals surface area (Å²) in [4.78, 5) is 0. The third-order valence-corrected chi connectivity index (χ3v) is 5.49. The number of nitrogens with one attached hydrogen (secondary N) is 1. The Morgan fingerprint density at radius 2 is 1.86 bits per heavy atom. The summed E-state index contributed by atoms with van der Waals surface area (Å²) in [5.41, 5.74) is 3.14. The predicted molar refractivity (Wildman–Crippen MR) is 106 cm³/mol. The SMILES string of the molecule is COc1cc(C)c(Nc2nnc3n2[C@H](C2=CC=C(F)CC2)CCC3)cc1OC. The molecule has 28 heavy (non-hydrogen) atoms. The monoisotopic (exact) mass is 384 g/mol. The van der Waals surface area contributed by atoms with Crippen LogP contribution in [-0.2, 0) is 6.42 Å². The Hall–Kier alpha value is -2.83. The minimum Gasteiger partial charge on any atom is -0.493 e. The topological polar surface area (TPSA) is 61.2 Å². The van der Waals surface area contributed by atoms with Gasteiger partial charge in [0, 0.05) is 24.6 Å². The van der Waals surface area contributed by atoms with Crippen molar-refractivity contribution in [3.8, 4) is 11.5 Å². The molecule has 2 aromatic rings. The van der Waals surface area contributed by atoms with E-state index in [9.17, 15) is 4.39 Å². The van der Waals surface area contributed by atoms with E-state index in [2.05, 4.69) is 20.1 Å². The molecule has 2 aliphatic rings. The highest BCUT2D eigenvalue weighted by Crippen LogP contribution is 2.39. The maximum absolute atomic E-state index is 13.5. The van der Waals surface area contributed by atoms with E-state index >= 15 is 0 Å². The van der Waals surface area contributed by atoms with Crippen LogP contribution in [0.3, 0.4) is 0 Å². The second kappa shape index (κ2) is 7.66. The predicted octanol–water partition coefficient (Wildman–Crippen LogP) is 4.80. The van der Waals surface area contributed by atoms with E-state index in [1.54, 1.807) is 20.3 Å². The molecular formula is C21H25FN4O2. The molecule has 0 amide bonds. The number of benzene rings is 1. The molecule has 1 aromatic carbocycles. The Balaban J connectivity index is 1.69. The summed E-state index contributed by atoms with van der Waals surface area (Å²) in [7, 11) is 3.24. The number of aryl methyl sites for hydroxylation is 2. The molecule has 0 fully saturated rings. The molecule has 1 N–H and O–H groups in total. The minimum absolute atomic E-state index is 0.0529. The van der Waals surface area contributed by atoms with Crippen LogP contribution < -0.4 is 14.8 Å². The second-order valence-electron chi connectivity index (χ2n) is 7.22. The molecule has 0 saturated carbocycles. The van der Waals surface area contributed by atoms with Gasteiger partial charge in [-0.3, -0.25) is 4.57 Å². The fraction of sp³-hybridized carbons (Fsp3) is 0.429. The van der Waals surface area contributed by atoms with Gasteiger partial charge in [-0.2, -0.15) is 0 Å². The Bertz CT molecular complexity index is 948. The van der Waals surface area contributed by atoms with Crippen LogP contribution >= 0.6 is 0 Å². The molecule has 148 valence electrons. The van der Waals surface area contributed by atoms with Crippen molar-refractivity contribution in [3.63, 3.8) is 0 Å². The van der Waals surface area contributed by atoms with E-state index in [0.717, 1.165) is 42.8 Å². The molecule has 0 saturated heterocycles. The highest BCUT2D eigenvalue weighted by Gasteiger charge is 2.28. The fourth-order valence-electron chi connectivity index (χ4n) is 3.98. The second-order valence-corrected chi connectivity index (χ2v) is 7.22. The van der Waals surface area contributed by atoms with Crippen molar-refractivity contribution in [2.45, 2.75) is 45.1 Å². The molecule has 4 rings (SSSR count). The van der Waals surface area contributed by atoms with Crippen LogP contribution in [0.15, 0.2) is 35.7 Å². The summed E-state index contributed by atoms with van der Waals surface area (Å²) in [5, 5.41) is 12.2. The summed E-state index contributed by atoms with van der Waals surface area (Å²) >= 11 is 0. The fourth-order valence-corrected chi connectivity index (χ4v) is 3.98. The number of allylic oxidation sites excluding steroid dienone is 4. The summed E-state index contributed by atoms with van der Waals surface area (Å²) in [5.74, 6) is 2.95. The molecule has 6 nitrogen and oxygen atoms in total. The van der Waals surface area contributed by atoms with E-state index in [0.29, 0.717) is 23.9 Å². The Labute approximate surface area is 164 Å². The summed E-state index contributed by atoms with van der Waals surface area (Å²) in [6.07, 6.45) is 7.67. The van der Waals surface area contributed by atoms with E-state index in [-0.39, 0.29) is 11.9 Å². The third-order valence-electron chi connectivity index (χ3n) is 5.49. The molecule has 1 atom stereocenters. The number of nitrogens with zero attached hydrogens (tertiary/aromatic N) is 3. The van der Waals surface area contributed by atoms with Gasteiger partial charge in [0.2, 0.25) is 5.95 Å². The van der Waals surface area contributed by atoms with Gasteiger partial charge >= 0.3 is 0 Å². The number of anilines is 2. The standard InChI is InChI=1S/C21H25FN4O2/c1-13-11-18(27-2)19(28-3)12-16(13)23-21-25-24-20-6-4-5-17(26(20)21)14-7-9-15(22)10-8-14/h7,9,11-12,17H,4-6,8,10H2,1-3H3,(H,23,25)/t17-/m0/s1. The quantitative estimate of drug-likeness (QED) is 0.802. The number of hydrogen-bond donors (Lipinski definition) is 1. The van der Waals surface area contributed by atoms with Crippen LogP contribution in [0.4, 0.5) is 16.0 Å². The van der Waals surface area contributed by atoms with Gasteiger partial charge < -0.3 is 14.8 Å². The summed E-state index contributed by atoms with van der Waals surface area (Å²) < 4.78 is 26.4. The molecule has 1 aliphatic heterocycles. The number of ether oxygens (including phenoxy) is 2. The number of fused-ring (bicyclic) bond motifs is 1. The van der Waals surface area contributed by atoms with Gasteiger partial charge in [0.15, 0.2) is 11.5 Å². The van der Waals surface area contributed by atoms with Crippen LogP contribution in [0.1, 0.15) is 43.1 Å². The first-order valence-electron chi connectivity index (χ1n) is 9.59. The van der Waals surface area contributed by atoms with Crippen molar-refractivity contribution in [2.75, 3.05) is 19.5 Å². The van der Waals surface area contributed by atoms with Crippen LogP contribution in [0.2, 0.25) is 0 Å². The number of hydrogen-bond acceptors (Lipinski definition) is 5. The van der Waals surface area contributed by atoms with Gasteiger partial charge in [-0.05, 0) is 49.5 Å². The molecule has 0 unspecified atom stereocenters.